The largest absolute Gasteiger partial charge is 0.393 e. The minimum atomic E-state index is -3.04. The van der Waals surface area contributed by atoms with Gasteiger partial charge in [-0.25, -0.2) is 13.2 Å². The lowest BCUT2D eigenvalue weighted by molar-refractivity contribution is 0.0657. The topological polar surface area (TPSA) is 95.5 Å². The smallest absolute Gasteiger partial charge is 0.315 e. The molecule has 1 saturated heterocycles. The van der Waals surface area contributed by atoms with Crippen LogP contribution in [-0.4, -0.2) is 49.2 Å². The van der Waals surface area contributed by atoms with E-state index >= 15 is 0 Å². The van der Waals surface area contributed by atoms with Gasteiger partial charge in [0.1, 0.15) is 0 Å². The number of carbonyl (C=O) groups is 1. The number of aliphatic hydroxyl groups is 1. The maximum Gasteiger partial charge on any atom is 0.315 e. The van der Waals surface area contributed by atoms with E-state index in [-0.39, 0.29) is 29.8 Å². The molecular weight excluding hydrogens is 292 g/mol. The second-order valence-electron chi connectivity index (χ2n) is 6.27. The summed E-state index contributed by atoms with van der Waals surface area (Å²) >= 11 is 0. The van der Waals surface area contributed by atoms with Gasteiger partial charge < -0.3 is 15.7 Å². The summed E-state index contributed by atoms with van der Waals surface area (Å²) in [5, 5.41) is 14.9. The van der Waals surface area contributed by atoms with E-state index in [0.29, 0.717) is 13.0 Å². The van der Waals surface area contributed by atoms with Crippen molar-refractivity contribution in [1.29, 1.82) is 0 Å². The molecule has 1 aliphatic heterocycles. The lowest BCUT2D eigenvalue weighted by Gasteiger charge is -2.27. The van der Waals surface area contributed by atoms with Crippen LogP contribution in [0.4, 0.5) is 4.79 Å². The zero-order chi connectivity index (χ0) is 15.5. The van der Waals surface area contributed by atoms with Crippen LogP contribution in [0.2, 0.25) is 0 Å². The molecule has 3 N–H and O–H groups in total. The van der Waals surface area contributed by atoms with Gasteiger partial charge in [-0.2, -0.15) is 0 Å². The summed E-state index contributed by atoms with van der Waals surface area (Å²) in [7, 11) is -3.04. The van der Waals surface area contributed by atoms with Crippen LogP contribution in [0.25, 0.3) is 0 Å². The van der Waals surface area contributed by atoms with Crippen LogP contribution in [0.1, 0.15) is 45.4 Å². The van der Waals surface area contributed by atoms with Crippen molar-refractivity contribution in [3.8, 4) is 0 Å². The molecule has 0 radical (unpaired) electrons. The Morgan fingerprint density at radius 1 is 1.24 bits per heavy atom. The van der Waals surface area contributed by atoms with Crippen LogP contribution in [0, 0.1) is 5.92 Å². The summed E-state index contributed by atoms with van der Waals surface area (Å²) in [5.74, 6) is 0.415. The average Bonchev–Trinajstić information content (AvgIpc) is 2.68. The maximum absolute atomic E-state index is 11.8. The van der Waals surface area contributed by atoms with Gasteiger partial charge in [0.2, 0.25) is 0 Å². The number of sulfone groups is 1. The molecule has 2 amide bonds. The Hall–Kier alpha value is -0.820. The highest BCUT2D eigenvalue weighted by molar-refractivity contribution is 7.92. The maximum atomic E-state index is 11.8. The van der Waals surface area contributed by atoms with E-state index in [1.165, 1.54) is 0 Å². The Morgan fingerprint density at radius 2 is 1.95 bits per heavy atom. The quantitative estimate of drug-likeness (QED) is 0.714. The zero-order valence-corrected chi connectivity index (χ0v) is 13.4. The van der Waals surface area contributed by atoms with Crippen molar-refractivity contribution >= 4 is 15.9 Å². The fourth-order valence-electron chi connectivity index (χ4n) is 3.27. The first-order valence-electron chi connectivity index (χ1n) is 7.84. The van der Waals surface area contributed by atoms with Crippen molar-refractivity contribution in [1.82, 2.24) is 10.6 Å². The number of carbonyl (C=O) groups excluding carboxylic acids is 1. The summed E-state index contributed by atoms with van der Waals surface area (Å²) in [6.07, 6.45) is 5.11. The van der Waals surface area contributed by atoms with Gasteiger partial charge in [-0.1, -0.05) is 12.8 Å². The van der Waals surface area contributed by atoms with Crippen LogP contribution in [-0.2, 0) is 9.84 Å². The first-order chi connectivity index (χ1) is 9.90. The SMILES string of the molecule is C[C@@H]1[C@H](NC(=O)NCC[C@@H]2CCCC[C@@H]2O)CCS1(=O)=O. The Labute approximate surface area is 126 Å². The van der Waals surface area contributed by atoms with Gasteiger partial charge in [0.25, 0.3) is 0 Å². The molecular formula is C14H26N2O4S. The molecule has 2 aliphatic rings. The molecule has 2 rings (SSSR count). The van der Waals surface area contributed by atoms with E-state index in [1.807, 2.05) is 0 Å². The van der Waals surface area contributed by atoms with Crippen molar-refractivity contribution in [2.75, 3.05) is 12.3 Å². The van der Waals surface area contributed by atoms with Gasteiger partial charge in [-0.15, -0.1) is 0 Å². The van der Waals surface area contributed by atoms with E-state index in [4.69, 9.17) is 0 Å². The van der Waals surface area contributed by atoms with Crippen molar-refractivity contribution in [3.63, 3.8) is 0 Å². The molecule has 0 bridgehead atoms. The Morgan fingerprint density at radius 3 is 2.57 bits per heavy atom. The van der Waals surface area contributed by atoms with Crippen LogP contribution in [0.15, 0.2) is 0 Å². The van der Waals surface area contributed by atoms with E-state index < -0.39 is 15.1 Å². The molecule has 1 saturated carbocycles. The number of rotatable bonds is 4. The third kappa shape index (κ3) is 4.32. The van der Waals surface area contributed by atoms with E-state index in [0.717, 1.165) is 32.1 Å². The van der Waals surface area contributed by atoms with Gasteiger partial charge in [-0.05, 0) is 38.5 Å². The molecule has 0 spiro atoms. The van der Waals surface area contributed by atoms with E-state index in [9.17, 15) is 18.3 Å². The second-order valence-corrected chi connectivity index (χ2v) is 8.75. The third-order valence-corrected chi connectivity index (χ3v) is 7.10. The van der Waals surface area contributed by atoms with Gasteiger partial charge in [0.15, 0.2) is 9.84 Å². The van der Waals surface area contributed by atoms with Crippen LogP contribution in [0.5, 0.6) is 0 Å². The molecule has 122 valence electrons. The highest BCUT2D eigenvalue weighted by Gasteiger charge is 2.37. The lowest BCUT2D eigenvalue weighted by atomic mass is 9.84. The number of aliphatic hydroxyl groups excluding tert-OH is 1. The summed E-state index contributed by atoms with van der Waals surface area (Å²) in [6, 6.07) is -0.607. The highest BCUT2D eigenvalue weighted by Crippen LogP contribution is 2.26. The molecule has 6 nitrogen and oxygen atoms in total. The highest BCUT2D eigenvalue weighted by atomic mass is 32.2. The molecule has 0 unspecified atom stereocenters. The van der Waals surface area contributed by atoms with Crippen molar-refractivity contribution < 1.29 is 18.3 Å². The molecule has 4 atom stereocenters. The number of hydrogen-bond acceptors (Lipinski definition) is 4. The minimum Gasteiger partial charge on any atom is -0.393 e. The van der Waals surface area contributed by atoms with Crippen LogP contribution < -0.4 is 10.6 Å². The third-order valence-electron chi connectivity index (χ3n) is 4.83. The molecule has 21 heavy (non-hydrogen) atoms. The monoisotopic (exact) mass is 318 g/mol. The van der Waals surface area contributed by atoms with Crippen molar-refractivity contribution in [2.24, 2.45) is 5.92 Å². The standard InChI is InChI=1S/C14H26N2O4S/c1-10-12(7-9-21(10,19)20)16-14(18)15-8-6-11-4-2-3-5-13(11)17/h10-13,17H,2-9H2,1H3,(H2,15,16,18)/t10-,11+,12-,13+/m1/s1. The Kier molecular flexibility index (Phi) is 5.48. The number of urea groups is 1. The predicted octanol–water partition coefficient (Wildman–Crippen LogP) is 0.802. The van der Waals surface area contributed by atoms with E-state index in [1.54, 1.807) is 6.92 Å². The molecule has 0 aromatic rings. The van der Waals surface area contributed by atoms with Gasteiger partial charge in [0, 0.05) is 12.6 Å². The average molecular weight is 318 g/mol. The summed E-state index contributed by atoms with van der Waals surface area (Å²) in [5.41, 5.74) is 0. The number of amides is 2. The van der Waals surface area contributed by atoms with E-state index in [2.05, 4.69) is 10.6 Å². The molecule has 1 aliphatic carbocycles. The summed E-state index contributed by atoms with van der Waals surface area (Å²) < 4.78 is 23.2. The second kappa shape index (κ2) is 6.96. The molecule has 2 fully saturated rings. The molecule has 0 aromatic carbocycles. The van der Waals surface area contributed by atoms with Crippen molar-refractivity contribution in [2.45, 2.75) is 62.8 Å². The van der Waals surface area contributed by atoms with Crippen LogP contribution in [0.3, 0.4) is 0 Å². The van der Waals surface area contributed by atoms with Gasteiger partial charge in [0.05, 0.1) is 17.1 Å². The molecule has 1 heterocycles. The molecule has 7 heteroatoms. The summed E-state index contributed by atoms with van der Waals surface area (Å²) in [6.45, 7) is 2.16. The minimum absolute atomic E-state index is 0.146. The zero-order valence-electron chi connectivity index (χ0n) is 12.5. The van der Waals surface area contributed by atoms with Gasteiger partial charge in [-0.3, -0.25) is 0 Å². The lowest BCUT2D eigenvalue weighted by Crippen LogP contribution is -2.46. The Bertz CT molecular complexity index is 466. The number of nitrogens with one attached hydrogen (secondary N) is 2. The number of hydrogen-bond donors (Lipinski definition) is 3. The molecule has 0 aromatic heterocycles. The predicted molar refractivity (Wildman–Crippen MR) is 80.8 cm³/mol. The fourth-order valence-corrected chi connectivity index (χ4v) is 4.93. The first-order valence-corrected chi connectivity index (χ1v) is 9.55. The van der Waals surface area contributed by atoms with Gasteiger partial charge >= 0.3 is 6.03 Å². The fraction of sp³-hybridized carbons (Fsp3) is 0.929. The first kappa shape index (κ1) is 16.5. The summed E-state index contributed by atoms with van der Waals surface area (Å²) in [4.78, 5) is 11.8. The Balaban J connectivity index is 1.68. The van der Waals surface area contributed by atoms with Crippen molar-refractivity contribution in [3.05, 3.63) is 0 Å². The van der Waals surface area contributed by atoms with Crippen LogP contribution >= 0.6 is 0 Å². The normalized spacial score (nSPS) is 35.3.